The van der Waals surface area contributed by atoms with Crippen molar-refractivity contribution in [1.29, 1.82) is 0 Å². The maximum atomic E-state index is 11.9. The Labute approximate surface area is 106 Å². The number of ether oxygens (including phenoxy) is 1. The van der Waals surface area contributed by atoms with Crippen molar-refractivity contribution in [2.24, 2.45) is 7.05 Å². The normalized spacial score (nSPS) is 19.9. The van der Waals surface area contributed by atoms with E-state index >= 15 is 0 Å². The van der Waals surface area contributed by atoms with Gasteiger partial charge in [-0.25, -0.2) is 13.1 Å². The van der Waals surface area contributed by atoms with Gasteiger partial charge >= 0.3 is 0 Å². The number of nitrogens with one attached hydrogen (secondary N) is 1. The Morgan fingerprint density at radius 3 is 2.78 bits per heavy atom. The molecule has 1 aromatic rings. The molecule has 1 fully saturated rings. The average Bonchev–Trinajstić information content (AvgIpc) is 2.76. The topological polar surface area (TPSA) is 93.5 Å². The van der Waals surface area contributed by atoms with Gasteiger partial charge in [0.25, 0.3) is 0 Å². The van der Waals surface area contributed by atoms with Crippen molar-refractivity contribution in [3.63, 3.8) is 0 Å². The maximum Gasteiger partial charge on any atom is 0.243 e. The first-order chi connectivity index (χ1) is 8.41. The second kappa shape index (κ2) is 4.96. The van der Waals surface area contributed by atoms with Gasteiger partial charge in [0.15, 0.2) is 0 Å². The maximum absolute atomic E-state index is 11.9. The van der Waals surface area contributed by atoms with Crippen molar-refractivity contribution >= 4 is 10.0 Å². The van der Waals surface area contributed by atoms with Crippen molar-refractivity contribution in [2.45, 2.75) is 23.3 Å². The first-order valence-corrected chi connectivity index (χ1v) is 7.18. The SMILES string of the molecule is Cn1cc(S(=O)(=O)NCC2(O)CCOCC2)cn1. The summed E-state index contributed by atoms with van der Waals surface area (Å²) in [4.78, 5) is 0.0978. The molecule has 1 aromatic heterocycles. The molecule has 7 nitrogen and oxygen atoms in total. The number of nitrogens with zero attached hydrogens (tertiary/aromatic N) is 2. The van der Waals surface area contributed by atoms with Crippen LogP contribution in [0.3, 0.4) is 0 Å². The van der Waals surface area contributed by atoms with Crippen molar-refractivity contribution in [2.75, 3.05) is 19.8 Å². The van der Waals surface area contributed by atoms with Gasteiger partial charge in [0.05, 0.1) is 11.8 Å². The van der Waals surface area contributed by atoms with Crippen LogP contribution < -0.4 is 4.72 Å². The lowest BCUT2D eigenvalue weighted by Crippen LogP contribution is -2.46. The lowest BCUT2D eigenvalue weighted by molar-refractivity contribution is -0.0588. The summed E-state index contributed by atoms with van der Waals surface area (Å²) < 4.78 is 32.8. The molecular formula is C10H17N3O4S. The highest BCUT2D eigenvalue weighted by Gasteiger charge is 2.31. The van der Waals surface area contributed by atoms with Gasteiger partial charge in [-0.3, -0.25) is 4.68 Å². The van der Waals surface area contributed by atoms with Crippen LogP contribution in [0.2, 0.25) is 0 Å². The van der Waals surface area contributed by atoms with E-state index < -0.39 is 15.6 Å². The Bertz CT molecular complexity index is 505. The Kier molecular flexibility index (Phi) is 3.71. The quantitative estimate of drug-likeness (QED) is 0.753. The smallest absolute Gasteiger partial charge is 0.243 e. The molecule has 2 heterocycles. The molecule has 1 saturated heterocycles. The van der Waals surface area contributed by atoms with Crippen LogP contribution in [-0.2, 0) is 21.8 Å². The zero-order valence-corrected chi connectivity index (χ0v) is 11.0. The summed E-state index contributed by atoms with van der Waals surface area (Å²) in [5.41, 5.74) is -1.02. The second-order valence-electron chi connectivity index (χ2n) is 4.51. The van der Waals surface area contributed by atoms with Crippen molar-refractivity contribution in [3.8, 4) is 0 Å². The van der Waals surface area contributed by atoms with Crippen LogP contribution in [0.1, 0.15) is 12.8 Å². The molecule has 1 aliphatic rings. The van der Waals surface area contributed by atoms with Gasteiger partial charge < -0.3 is 9.84 Å². The molecule has 8 heteroatoms. The Morgan fingerprint density at radius 1 is 1.56 bits per heavy atom. The van der Waals surface area contributed by atoms with Gasteiger partial charge in [0, 0.05) is 45.8 Å². The first-order valence-electron chi connectivity index (χ1n) is 5.70. The Balaban J connectivity index is 2.01. The van der Waals surface area contributed by atoms with Crippen molar-refractivity contribution < 1.29 is 18.3 Å². The molecule has 1 aliphatic heterocycles. The molecule has 2 rings (SSSR count). The molecule has 0 radical (unpaired) electrons. The molecule has 0 saturated carbocycles. The van der Waals surface area contributed by atoms with E-state index in [0.717, 1.165) is 0 Å². The highest BCUT2D eigenvalue weighted by atomic mass is 32.2. The van der Waals surface area contributed by atoms with E-state index in [1.54, 1.807) is 7.05 Å². The highest BCUT2D eigenvalue weighted by Crippen LogP contribution is 2.20. The third kappa shape index (κ3) is 3.08. The molecule has 0 amide bonds. The predicted molar refractivity (Wildman–Crippen MR) is 63.4 cm³/mol. The fourth-order valence-corrected chi connectivity index (χ4v) is 2.88. The number of aromatic nitrogens is 2. The lowest BCUT2D eigenvalue weighted by Gasteiger charge is -2.31. The number of rotatable bonds is 4. The summed E-state index contributed by atoms with van der Waals surface area (Å²) in [5, 5.41) is 14.0. The Hall–Kier alpha value is -0.960. The van der Waals surface area contributed by atoms with Gasteiger partial charge in [0.2, 0.25) is 10.0 Å². The zero-order chi connectivity index (χ0) is 13.2. The summed E-state index contributed by atoms with van der Waals surface area (Å²) in [5.74, 6) is 0. The molecule has 0 unspecified atom stereocenters. The van der Waals surface area contributed by atoms with Crippen molar-refractivity contribution in [1.82, 2.24) is 14.5 Å². The van der Waals surface area contributed by atoms with Crippen LogP contribution in [0.15, 0.2) is 17.3 Å². The molecule has 0 aliphatic carbocycles. The summed E-state index contributed by atoms with van der Waals surface area (Å²) in [6.45, 7) is 0.893. The van der Waals surface area contributed by atoms with Crippen LogP contribution in [0, 0.1) is 0 Å². The van der Waals surface area contributed by atoms with E-state index in [-0.39, 0.29) is 11.4 Å². The van der Waals surface area contributed by atoms with E-state index in [0.29, 0.717) is 26.1 Å². The zero-order valence-electron chi connectivity index (χ0n) is 10.2. The average molecular weight is 275 g/mol. The molecule has 0 spiro atoms. The molecule has 18 heavy (non-hydrogen) atoms. The summed E-state index contributed by atoms with van der Waals surface area (Å²) in [6.07, 6.45) is 3.55. The molecule has 2 N–H and O–H groups in total. The monoisotopic (exact) mass is 275 g/mol. The number of hydrogen-bond donors (Lipinski definition) is 2. The van der Waals surface area contributed by atoms with Crippen LogP contribution in [0.5, 0.6) is 0 Å². The van der Waals surface area contributed by atoms with Gasteiger partial charge in [-0.2, -0.15) is 5.10 Å². The molecule has 0 bridgehead atoms. The van der Waals surface area contributed by atoms with Crippen LogP contribution >= 0.6 is 0 Å². The van der Waals surface area contributed by atoms with E-state index in [4.69, 9.17) is 4.74 Å². The largest absolute Gasteiger partial charge is 0.388 e. The second-order valence-corrected chi connectivity index (χ2v) is 6.28. The molecule has 0 aromatic carbocycles. The fraction of sp³-hybridized carbons (Fsp3) is 0.700. The number of aryl methyl sites for hydroxylation is 1. The van der Waals surface area contributed by atoms with Gasteiger partial charge in [-0.1, -0.05) is 0 Å². The molecule has 102 valence electrons. The van der Waals surface area contributed by atoms with Crippen LogP contribution in [-0.4, -0.2) is 48.7 Å². The van der Waals surface area contributed by atoms with E-state index in [9.17, 15) is 13.5 Å². The minimum atomic E-state index is -3.61. The van der Waals surface area contributed by atoms with Crippen molar-refractivity contribution in [3.05, 3.63) is 12.4 Å². The minimum absolute atomic E-state index is 0.00636. The van der Waals surface area contributed by atoms with Gasteiger partial charge in [-0.05, 0) is 0 Å². The highest BCUT2D eigenvalue weighted by molar-refractivity contribution is 7.89. The van der Waals surface area contributed by atoms with E-state index in [1.165, 1.54) is 17.1 Å². The molecule has 0 atom stereocenters. The van der Waals surface area contributed by atoms with Gasteiger partial charge in [0.1, 0.15) is 4.90 Å². The van der Waals surface area contributed by atoms with Gasteiger partial charge in [-0.15, -0.1) is 0 Å². The molecular weight excluding hydrogens is 258 g/mol. The number of hydrogen-bond acceptors (Lipinski definition) is 5. The predicted octanol–water partition coefficient (Wildman–Crippen LogP) is -0.760. The van der Waals surface area contributed by atoms with E-state index in [1.807, 2.05) is 0 Å². The van der Waals surface area contributed by atoms with Crippen LogP contribution in [0.4, 0.5) is 0 Å². The third-order valence-corrected chi connectivity index (χ3v) is 4.36. The third-order valence-electron chi connectivity index (χ3n) is 3.01. The standard InChI is InChI=1S/C10H17N3O4S/c1-13-7-9(6-11-13)18(15,16)12-8-10(14)2-4-17-5-3-10/h6-7,12,14H,2-5,8H2,1H3. The van der Waals surface area contributed by atoms with Crippen LogP contribution in [0.25, 0.3) is 0 Å². The Morgan fingerprint density at radius 2 is 2.22 bits per heavy atom. The number of sulfonamides is 1. The first kappa shape index (κ1) is 13.5. The summed E-state index contributed by atoms with van der Waals surface area (Å²) >= 11 is 0. The van der Waals surface area contributed by atoms with E-state index in [2.05, 4.69) is 9.82 Å². The fourth-order valence-electron chi connectivity index (χ4n) is 1.78. The summed E-state index contributed by atoms with van der Waals surface area (Å²) in [6, 6.07) is 0. The minimum Gasteiger partial charge on any atom is -0.388 e. The number of aliphatic hydroxyl groups is 1. The summed E-state index contributed by atoms with van der Waals surface area (Å²) in [7, 11) is -1.97. The lowest BCUT2D eigenvalue weighted by atomic mass is 9.95.